The Kier molecular flexibility index (Phi) is 5.37. The largest absolute Gasteiger partial charge is 0.396 e. The van der Waals surface area contributed by atoms with Gasteiger partial charge in [-0.15, -0.1) is 0 Å². The Morgan fingerprint density at radius 3 is 2.67 bits per heavy atom. The van der Waals surface area contributed by atoms with E-state index in [1.54, 1.807) is 6.07 Å². The molecule has 15 heavy (non-hydrogen) atoms. The Morgan fingerprint density at radius 2 is 2.13 bits per heavy atom. The predicted octanol–water partition coefficient (Wildman–Crippen LogP) is 3.34. The number of nitrogens with zero attached hydrogens (tertiary/aromatic N) is 1. The molecule has 2 nitrogen and oxygen atoms in total. The van der Waals surface area contributed by atoms with Crippen LogP contribution in [0, 0.1) is 5.92 Å². The fourth-order valence-corrected chi connectivity index (χ4v) is 1.85. The van der Waals surface area contributed by atoms with E-state index >= 15 is 0 Å². The number of aliphatic hydroxyl groups excluding tert-OH is 1. The summed E-state index contributed by atoms with van der Waals surface area (Å²) < 4.78 is 0. The minimum Gasteiger partial charge on any atom is -0.396 e. The number of aryl methyl sites for hydroxylation is 1. The van der Waals surface area contributed by atoms with E-state index in [2.05, 4.69) is 11.9 Å². The molecule has 1 atom stereocenters. The number of pyridine rings is 1. The Labute approximate surface area is 100 Å². The molecule has 0 aliphatic carbocycles. The van der Waals surface area contributed by atoms with E-state index in [4.69, 9.17) is 28.3 Å². The SMILES string of the molecule is CCC(CO)CCc1ccc(Cl)nc1Cl. The summed E-state index contributed by atoms with van der Waals surface area (Å²) in [4.78, 5) is 3.97. The highest BCUT2D eigenvalue weighted by Gasteiger charge is 2.08. The summed E-state index contributed by atoms with van der Waals surface area (Å²) in [5, 5.41) is 9.93. The van der Waals surface area contributed by atoms with E-state index in [9.17, 15) is 0 Å². The van der Waals surface area contributed by atoms with Gasteiger partial charge in [0.1, 0.15) is 10.3 Å². The van der Waals surface area contributed by atoms with E-state index < -0.39 is 0 Å². The summed E-state index contributed by atoms with van der Waals surface area (Å²) in [7, 11) is 0. The van der Waals surface area contributed by atoms with Crippen molar-refractivity contribution in [3.8, 4) is 0 Å². The summed E-state index contributed by atoms with van der Waals surface area (Å²) in [5.74, 6) is 0.344. The van der Waals surface area contributed by atoms with Crippen LogP contribution in [0.15, 0.2) is 12.1 Å². The Morgan fingerprint density at radius 1 is 1.40 bits per heavy atom. The van der Waals surface area contributed by atoms with Gasteiger partial charge in [0.15, 0.2) is 0 Å². The van der Waals surface area contributed by atoms with Crippen LogP contribution in [0.2, 0.25) is 10.3 Å². The first kappa shape index (κ1) is 12.8. The summed E-state index contributed by atoms with van der Waals surface area (Å²) in [6.45, 7) is 2.30. The fourth-order valence-electron chi connectivity index (χ4n) is 1.41. The van der Waals surface area contributed by atoms with Gasteiger partial charge in [-0.3, -0.25) is 0 Å². The highest BCUT2D eigenvalue weighted by molar-refractivity contribution is 6.32. The molecule has 1 unspecified atom stereocenters. The van der Waals surface area contributed by atoms with Gasteiger partial charge in [-0.25, -0.2) is 4.98 Å². The van der Waals surface area contributed by atoms with Crippen molar-refractivity contribution in [3.63, 3.8) is 0 Å². The Hall–Kier alpha value is -0.310. The molecule has 0 aromatic carbocycles. The fraction of sp³-hybridized carbons (Fsp3) is 0.545. The standard InChI is InChI=1S/C11H15Cl2NO/c1-2-8(7-15)3-4-9-5-6-10(12)14-11(9)13/h5-6,8,15H,2-4,7H2,1H3. The smallest absolute Gasteiger partial charge is 0.134 e. The van der Waals surface area contributed by atoms with E-state index in [0.29, 0.717) is 16.2 Å². The average molecular weight is 248 g/mol. The third-order valence-corrected chi connectivity index (χ3v) is 3.09. The van der Waals surface area contributed by atoms with Crippen molar-refractivity contribution < 1.29 is 5.11 Å². The van der Waals surface area contributed by atoms with E-state index in [0.717, 1.165) is 24.8 Å². The normalized spacial score (nSPS) is 12.8. The lowest BCUT2D eigenvalue weighted by Crippen LogP contribution is -2.06. The first-order chi connectivity index (χ1) is 7.17. The van der Waals surface area contributed by atoms with Gasteiger partial charge in [-0.1, -0.05) is 42.6 Å². The van der Waals surface area contributed by atoms with Gasteiger partial charge in [0.2, 0.25) is 0 Å². The van der Waals surface area contributed by atoms with Crippen LogP contribution in [0.1, 0.15) is 25.3 Å². The molecule has 84 valence electrons. The highest BCUT2D eigenvalue weighted by atomic mass is 35.5. The van der Waals surface area contributed by atoms with Gasteiger partial charge in [-0.05, 0) is 30.4 Å². The lowest BCUT2D eigenvalue weighted by molar-refractivity contribution is 0.215. The molecule has 0 amide bonds. The molecule has 1 rings (SSSR count). The van der Waals surface area contributed by atoms with Gasteiger partial charge in [-0.2, -0.15) is 0 Å². The van der Waals surface area contributed by atoms with Gasteiger partial charge in [0.25, 0.3) is 0 Å². The molecule has 0 spiro atoms. The van der Waals surface area contributed by atoms with Crippen molar-refractivity contribution in [3.05, 3.63) is 28.0 Å². The van der Waals surface area contributed by atoms with Crippen LogP contribution in [0.5, 0.6) is 0 Å². The Bertz CT molecular complexity index is 313. The molecular formula is C11H15Cl2NO. The molecule has 0 radical (unpaired) electrons. The summed E-state index contributed by atoms with van der Waals surface area (Å²) in [5.41, 5.74) is 0.993. The van der Waals surface area contributed by atoms with Crippen LogP contribution in [0.4, 0.5) is 0 Å². The van der Waals surface area contributed by atoms with Gasteiger partial charge >= 0.3 is 0 Å². The second-order valence-electron chi connectivity index (χ2n) is 3.58. The summed E-state index contributed by atoms with van der Waals surface area (Å²) in [6, 6.07) is 3.63. The molecule has 0 saturated heterocycles. The summed E-state index contributed by atoms with van der Waals surface area (Å²) >= 11 is 11.6. The van der Waals surface area contributed by atoms with Crippen LogP contribution in [0.25, 0.3) is 0 Å². The first-order valence-electron chi connectivity index (χ1n) is 5.09. The van der Waals surface area contributed by atoms with Crippen LogP contribution in [-0.2, 0) is 6.42 Å². The first-order valence-corrected chi connectivity index (χ1v) is 5.84. The van der Waals surface area contributed by atoms with Crippen molar-refractivity contribution in [2.45, 2.75) is 26.2 Å². The minimum atomic E-state index is 0.231. The number of aromatic nitrogens is 1. The maximum Gasteiger partial charge on any atom is 0.134 e. The molecule has 1 aromatic rings. The average Bonchev–Trinajstić information content (AvgIpc) is 2.22. The zero-order valence-corrected chi connectivity index (χ0v) is 10.2. The van der Waals surface area contributed by atoms with Gasteiger partial charge in [0.05, 0.1) is 0 Å². The van der Waals surface area contributed by atoms with Gasteiger partial charge in [0, 0.05) is 6.61 Å². The van der Waals surface area contributed by atoms with Crippen LogP contribution in [0.3, 0.4) is 0 Å². The van der Waals surface area contributed by atoms with E-state index in [-0.39, 0.29) is 6.61 Å². The van der Waals surface area contributed by atoms with Gasteiger partial charge < -0.3 is 5.11 Å². The van der Waals surface area contributed by atoms with Crippen molar-refractivity contribution in [2.24, 2.45) is 5.92 Å². The quantitative estimate of drug-likeness (QED) is 0.810. The number of aliphatic hydroxyl groups is 1. The Balaban J connectivity index is 2.57. The molecule has 0 saturated carbocycles. The molecule has 0 bridgehead atoms. The van der Waals surface area contributed by atoms with Crippen LogP contribution in [-0.4, -0.2) is 16.7 Å². The zero-order chi connectivity index (χ0) is 11.3. The number of hydrogen-bond donors (Lipinski definition) is 1. The number of rotatable bonds is 5. The van der Waals surface area contributed by atoms with E-state index in [1.165, 1.54) is 0 Å². The monoisotopic (exact) mass is 247 g/mol. The lowest BCUT2D eigenvalue weighted by Gasteiger charge is -2.11. The maximum atomic E-state index is 9.05. The van der Waals surface area contributed by atoms with Crippen molar-refractivity contribution in [2.75, 3.05) is 6.61 Å². The molecule has 1 N–H and O–H groups in total. The number of hydrogen-bond acceptors (Lipinski definition) is 2. The lowest BCUT2D eigenvalue weighted by atomic mass is 9.99. The molecule has 4 heteroatoms. The van der Waals surface area contributed by atoms with E-state index in [1.807, 2.05) is 6.07 Å². The molecule has 0 aliphatic rings. The maximum absolute atomic E-state index is 9.05. The second kappa shape index (κ2) is 6.31. The van der Waals surface area contributed by atoms with Crippen LogP contribution >= 0.6 is 23.2 Å². The number of halogens is 2. The topological polar surface area (TPSA) is 33.1 Å². The molecule has 0 fully saturated rings. The van der Waals surface area contributed by atoms with Crippen molar-refractivity contribution in [1.82, 2.24) is 4.98 Å². The third kappa shape index (κ3) is 3.98. The highest BCUT2D eigenvalue weighted by Crippen LogP contribution is 2.20. The van der Waals surface area contributed by atoms with Crippen molar-refractivity contribution in [1.29, 1.82) is 0 Å². The van der Waals surface area contributed by atoms with Crippen molar-refractivity contribution >= 4 is 23.2 Å². The zero-order valence-electron chi connectivity index (χ0n) is 8.71. The molecular weight excluding hydrogens is 233 g/mol. The third-order valence-electron chi connectivity index (χ3n) is 2.55. The minimum absolute atomic E-state index is 0.231. The molecule has 0 aliphatic heterocycles. The predicted molar refractivity (Wildman–Crippen MR) is 63.4 cm³/mol. The van der Waals surface area contributed by atoms with Crippen LogP contribution < -0.4 is 0 Å². The molecule has 1 heterocycles. The molecule has 1 aromatic heterocycles. The summed E-state index contributed by atoms with van der Waals surface area (Å²) in [6.07, 6.45) is 2.74. The second-order valence-corrected chi connectivity index (χ2v) is 4.32.